The molecule has 30 heavy (non-hydrogen) atoms. The van der Waals surface area contributed by atoms with Crippen LogP contribution in [0.5, 0.6) is 5.75 Å². The minimum atomic E-state index is -0.422. The van der Waals surface area contributed by atoms with E-state index in [0.717, 1.165) is 31.7 Å². The van der Waals surface area contributed by atoms with E-state index in [1.807, 2.05) is 25.1 Å². The van der Waals surface area contributed by atoms with Crippen molar-refractivity contribution in [1.29, 1.82) is 0 Å². The summed E-state index contributed by atoms with van der Waals surface area (Å²) < 4.78 is 23.3. The summed E-state index contributed by atoms with van der Waals surface area (Å²) >= 11 is 4.85. The molecule has 1 aliphatic rings. The second kappa shape index (κ2) is 7.17. The lowest BCUT2D eigenvalue weighted by Crippen LogP contribution is -2.25. The standard InChI is InChI=1S/C21H16BrFN4O2S/c1-10-19-14(13-7-11(22)3-5-15(13)23)9-18(28)25-20(19)27(26-10)21-24-16-6-4-12(29-2)8-17(16)30-21/h3-8,14H,9H2,1-2H3,(H,25,28)/t14-/m1/s1. The molecule has 1 aliphatic heterocycles. The largest absolute Gasteiger partial charge is 0.497 e. The number of ether oxygens (including phenoxy) is 1. The Labute approximate surface area is 183 Å². The fraction of sp³-hybridized carbons (Fsp3) is 0.190. The van der Waals surface area contributed by atoms with Crippen LogP contribution in [0.4, 0.5) is 10.2 Å². The predicted molar refractivity (Wildman–Crippen MR) is 117 cm³/mol. The molecule has 152 valence electrons. The third kappa shape index (κ3) is 3.09. The van der Waals surface area contributed by atoms with Gasteiger partial charge in [0.05, 0.1) is 23.0 Å². The Morgan fingerprint density at radius 3 is 2.93 bits per heavy atom. The number of rotatable bonds is 3. The van der Waals surface area contributed by atoms with E-state index in [4.69, 9.17) is 4.74 Å². The molecule has 0 spiro atoms. The summed E-state index contributed by atoms with van der Waals surface area (Å²) in [6, 6.07) is 10.4. The van der Waals surface area contributed by atoms with Crippen molar-refractivity contribution in [1.82, 2.24) is 14.8 Å². The van der Waals surface area contributed by atoms with Gasteiger partial charge in [-0.25, -0.2) is 9.37 Å². The molecule has 9 heteroatoms. The molecule has 0 fully saturated rings. The summed E-state index contributed by atoms with van der Waals surface area (Å²) in [5, 5.41) is 8.19. The van der Waals surface area contributed by atoms with E-state index in [1.54, 1.807) is 23.9 Å². The van der Waals surface area contributed by atoms with Gasteiger partial charge in [0.15, 0.2) is 0 Å². The molecule has 6 nitrogen and oxygen atoms in total. The molecule has 0 unspecified atom stereocenters. The maximum atomic E-state index is 14.6. The average molecular weight is 487 g/mol. The average Bonchev–Trinajstić information content (AvgIpc) is 3.29. The van der Waals surface area contributed by atoms with Gasteiger partial charge < -0.3 is 10.1 Å². The maximum absolute atomic E-state index is 14.6. The van der Waals surface area contributed by atoms with E-state index in [2.05, 4.69) is 31.3 Å². The van der Waals surface area contributed by atoms with Crippen molar-refractivity contribution in [2.24, 2.45) is 0 Å². The van der Waals surface area contributed by atoms with Gasteiger partial charge in [-0.1, -0.05) is 27.3 Å². The molecule has 0 aliphatic carbocycles. The normalized spacial score (nSPS) is 15.9. The Kier molecular flexibility index (Phi) is 4.59. The number of carbonyl (C=O) groups is 1. The highest BCUT2D eigenvalue weighted by molar-refractivity contribution is 9.10. The van der Waals surface area contributed by atoms with Gasteiger partial charge in [-0.15, -0.1) is 0 Å². The lowest BCUT2D eigenvalue weighted by molar-refractivity contribution is -0.116. The number of carbonyl (C=O) groups excluding carboxylic acids is 1. The number of hydrogen-bond acceptors (Lipinski definition) is 5. The fourth-order valence-electron chi connectivity index (χ4n) is 3.84. The number of hydrogen-bond donors (Lipinski definition) is 1. The number of fused-ring (bicyclic) bond motifs is 2. The minimum Gasteiger partial charge on any atom is -0.497 e. The molecule has 1 atom stereocenters. The molecule has 0 radical (unpaired) electrons. The smallest absolute Gasteiger partial charge is 0.226 e. The van der Waals surface area contributed by atoms with Gasteiger partial charge in [0, 0.05) is 22.4 Å². The second-order valence-corrected chi connectivity index (χ2v) is 8.99. The molecule has 1 N–H and O–H groups in total. The molecule has 0 bridgehead atoms. The van der Waals surface area contributed by atoms with E-state index < -0.39 is 5.92 Å². The topological polar surface area (TPSA) is 69.0 Å². The quantitative estimate of drug-likeness (QED) is 0.433. The van der Waals surface area contributed by atoms with Crippen molar-refractivity contribution in [3.63, 3.8) is 0 Å². The highest BCUT2D eigenvalue weighted by Crippen LogP contribution is 2.42. The molecular formula is C21H16BrFN4O2S. The molecule has 2 aromatic carbocycles. The van der Waals surface area contributed by atoms with E-state index in [-0.39, 0.29) is 18.1 Å². The summed E-state index contributed by atoms with van der Waals surface area (Å²) in [7, 11) is 1.62. The molecular weight excluding hydrogens is 471 g/mol. The Morgan fingerprint density at radius 1 is 1.30 bits per heavy atom. The number of methoxy groups -OCH3 is 1. The summed E-state index contributed by atoms with van der Waals surface area (Å²) in [4.78, 5) is 17.2. The number of nitrogens with zero attached hydrogens (tertiary/aromatic N) is 3. The van der Waals surface area contributed by atoms with Crippen LogP contribution in [-0.4, -0.2) is 27.8 Å². The van der Waals surface area contributed by atoms with E-state index in [9.17, 15) is 9.18 Å². The van der Waals surface area contributed by atoms with E-state index >= 15 is 0 Å². The van der Waals surface area contributed by atoms with Crippen molar-refractivity contribution >= 4 is 49.2 Å². The molecule has 2 aromatic heterocycles. The van der Waals surface area contributed by atoms with Crippen LogP contribution in [-0.2, 0) is 4.79 Å². The van der Waals surface area contributed by atoms with Gasteiger partial charge in [-0.05, 0) is 48.9 Å². The third-order valence-electron chi connectivity index (χ3n) is 5.20. The Morgan fingerprint density at radius 2 is 2.13 bits per heavy atom. The fourth-order valence-corrected chi connectivity index (χ4v) is 5.17. The van der Waals surface area contributed by atoms with Crippen molar-refractivity contribution in [3.8, 4) is 10.9 Å². The van der Waals surface area contributed by atoms with Crippen LogP contribution in [0.2, 0.25) is 0 Å². The molecule has 3 heterocycles. The monoisotopic (exact) mass is 486 g/mol. The Balaban J connectivity index is 1.67. The first kappa shape index (κ1) is 19.2. The molecule has 4 aromatic rings. The summed E-state index contributed by atoms with van der Waals surface area (Å²) in [5.41, 5.74) is 2.82. The maximum Gasteiger partial charge on any atom is 0.226 e. The van der Waals surface area contributed by atoms with Crippen LogP contribution >= 0.6 is 27.3 Å². The van der Waals surface area contributed by atoms with Gasteiger partial charge in [-0.2, -0.15) is 9.78 Å². The Bertz CT molecular complexity index is 1320. The highest BCUT2D eigenvalue weighted by atomic mass is 79.9. The predicted octanol–water partition coefficient (Wildman–Crippen LogP) is 5.17. The van der Waals surface area contributed by atoms with Crippen LogP contribution in [0.3, 0.4) is 0 Å². The molecule has 0 saturated carbocycles. The third-order valence-corrected chi connectivity index (χ3v) is 6.69. The van der Waals surface area contributed by atoms with Crippen molar-refractivity contribution in [2.45, 2.75) is 19.3 Å². The lowest BCUT2D eigenvalue weighted by Gasteiger charge is -2.24. The van der Waals surface area contributed by atoms with Gasteiger partial charge in [-0.3, -0.25) is 4.79 Å². The van der Waals surface area contributed by atoms with Crippen molar-refractivity contribution in [2.75, 3.05) is 12.4 Å². The zero-order chi connectivity index (χ0) is 21.0. The van der Waals surface area contributed by atoms with Crippen molar-refractivity contribution < 1.29 is 13.9 Å². The SMILES string of the molecule is COc1ccc2nc(-n3nc(C)c4c3NC(=O)C[C@@H]4c3cc(Br)ccc3F)sc2c1. The Hall–Kier alpha value is -2.78. The van der Waals surface area contributed by atoms with Crippen LogP contribution in [0, 0.1) is 12.7 Å². The van der Waals surface area contributed by atoms with Gasteiger partial charge in [0.1, 0.15) is 17.4 Å². The second-order valence-electron chi connectivity index (χ2n) is 7.06. The minimum absolute atomic E-state index is 0.157. The lowest BCUT2D eigenvalue weighted by atomic mass is 9.85. The van der Waals surface area contributed by atoms with Crippen molar-refractivity contribution in [3.05, 3.63) is 63.5 Å². The number of anilines is 1. The van der Waals surface area contributed by atoms with Crippen LogP contribution < -0.4 is 10.1 Å². The number of halogens is 2. The first-order chi connectivity index (χ1) is 14.4. The van der Waals surface area contributed by atoms with Crippen LogP contribution in [0.1, 0.15) is 29.2 Å². The summed E-state index contributed by atoms with van der Waals surface area (Å²) in [6.45, 7) is 1.87. The number of nitrogens with one attached hydrogen (secondary N) is 1. The number of aryl methyl sites for hydroxylation is 1. The van der Waals surface area contributed by atoms with E-state index in [1.165, 1.54) is 17.4 Å². The first-order valence-corrected chi connectivity index (χ1v) is 10.8. The zero-order valence-electron chi connectivity index (χ0n) is 16.1. The molecule has 1 amide bonds. The van der Waals surface area contributed by atoms with Gasteiger partial charge >= 0.3 is 0 Å². The number of benzene rings is 2. The van der Waals surface area contributed by atoms with Gasteiger partial charge in [0.2, 0.25) is 11.0 Å². The van der Waals surface area contributed by atoms with E-state index in [0.29, 0.717) is 16.5 Å². The zero-order valence-corrected chi connectivity index (χ0v) is 18.5. The molecule has 5 rings (SSSR count). The molecule has 0 saturated heterocycles. The summed E-state index contributed by atoms with van der Waals surface area (Å²) in [5.74, 6) is 0.336. The van der Waals surface area contributed by atoms with Gasteiger partial charge in [0.25, 0.3) is 0 Å². The number of thiazole rings is 1. The summed E-state index contributed by atoms with van der Waals surface area (Å²) in [6.07, 6.45) is 0.157. The van der Waals surface area contributed by atoms with Crippen LogP contribution in [0.25, 0.3) is 15.3 Å². The highest BCUT2D eigenvalue weighted by Gasteiger charge is 2.34. The first-order valence-electron chi connectivity index (χ1n) is 9.24. The van der Waals surface area contributed by atoms with Crippen LogP contribution in [0.15, 0.2) is 40.9 Å². The number of aromatic nitrogens is 3. The number of amides is 1.